The molecule has 0 fully saturated rings. The van der Waals surface area contributed by atoms with Crippen LogP contribution in [0.3, 0.4) is 0 Å². The third kappa shape index (κ3) is 5.84. The van der Waals surface area contributed by atoms with Crippen molar-refractivity contribution in [1.82, 2.24) is 4.90 Å². The summed E-state index contributed by atoms with van der Waals surface area (Å²) in [5, 5.41) is 0.811. The molecule has 0 saturated carbocycles. The predicted molar refractivity (Wildman–Crippen MR) is 164 cm³/mol. The second-order valence-corrected chi connectivity index (χ2v) is 11.3. The fourth-order valence-electron chi connectivity index (χ4n) is 5.25. The van der Waals surface area contributed by atoms with E-state index >= 15 is 0 Å². The number of hydrogen-bond acceptors (Lipinski definition) is 6. The Morgan fingerprint density at radius 3 is 2.45 bits per heavy atom. The van der Waals surface area contributed by atoms with E-state index in [-0.39, 0.29) is 17.1 Å². The fraction of sp³-hybridized carbons (Fsp3) is 0.353. The molecule has 0 spiro atoms. The number of aryl methyl sites for hydroxylation is 1. The number of ether oxygens (including phenoxy) is 3. The second kappa shape index (κ2) is 12.5. The van der Waals surface area contributed by atoms with E-state index in [0.717, 1.165) is 28.9 Å². The van der Waals surface area contributed by atoms with Crippen molar-refractivity contribution in [3.05, 3.63) is 97.9 Å². The molecule has 0 radical (unpaired) electrons. The number of halogens is 1. The fourth-order valence-corrected chi connectivity index (χ4v) is 5.41. The largest absolute Gasteiger partial charge is 0.497 e. The number of nitrogens with zero attached hydrogens (tertiary/aromatic N) is 1. The van der Waals surface area contributed by atoms with Crippen LogP contribution in [-0.4, -0.2) is 37.7 Å². The second-order valence-electron chi connectivity index (χ2n) is 10.9. The molecular weight excluding hydrogens is 554 g/mol. The summed E-state index contributed by atoms with van der Waals surface area (Å²) in [5.41, 5.74) is 2.91. The van der Waals surface area contributed by atoms with Crippen molar-refractivity contribution in [2.75, 3.05) is 26.9 Å². The summed E-state index contributed by atoms with van der Waals surface area (Å²) in [6, 6.07) is 16.0. The summed E-state index contributed by atoms with van der Waals surface area (Å²) < 4.78 is 23.5. The Morgan fingerprint density at radius 2 is 1.76 bits per heavy atom. The van der Waals surface area contributed by atoms with Crippen LogP contribution < -0.4 is 19.6 Å². The first-order valence-electron chi connectivity index (χ1n) is 14.3. The SMILES string of the molecule is CCOc1cc(C2c3c(oc4cc(C)c(Cl)cc4c3=O)C(=O)N2CCc2ccc(OC)cc2)ccc1OCCC(C)C. The van der Waals surface area contributed by atoms with Crippen molar-refractivity contribution in [3.8, 4) is 17.2 Å². The highest BCUT2D eigenvalue weighted by molar-refractivity contribution is 6.32. The first-order chi connectivity index (χ1) is 20.2. The third-order valence-electron chi connectivity index (χ3n) is 7.58. The molecule has 1 unspecified atom stereocenters. The Balaban J connectivity index is 1.59. The van der Waals surface area contributed by atoms with Gasteiger partial charge < -0.3 is 23.5 Å². The summed E-state index contributed by atoms with van der Waals surface area (Å²) in [7, 11) is 1.62. The molecular formula is C34H36ClNO6. The van der Waals surface area contributed by atoms with Gasteiger partial charge in [-0.05, 0) is 85.7 Å². The molecule has 1 aliphatic rings. The van der Waals surface area contributed by atoms with E-state index in [1.807, 2.05) is 56.3 Å². The van der Waals surface area contributed by atoms with Crippen LogP contribution in [0.5, 0.6) is 17.2 Å². The molecule has 1 amide bonds. The molecule has 7 nitrogen and oxygen atoms in total. The maximum absolute atomic E-state index is 14.0. The Kier molecular flexibility index (Phi) is 8.78. The van der Waals surface area contributed by atoms with Gasteiger partial charge in [0.2, 0.25) is 5.76 Å². The number of amides is 1. The van der Waals surface area contributed by atoms with Crippen LogP contribution in [0.15, 0.2) is 63.8 Å². The number of carbonyl (C=O) groups excluding carboxylic acids is 1. The quantitative estimate of drug-likeness (QED) is 0.182. The molecule has 8 heteroatoms. The number of hydrogen-bond donors (Lipinski definition) is 0. The minimum absolute atomic E-state index is 0.0594. The molecule has 4 aromatic rings. The highest BCUT2D eigenvalue weighted by Gasteiger charge is 2.43. The first-order valence-corrected chi connectivity index (χ1v) is 14.7. The lowest BCUT2D eigenvalue weighted by atomic mass is 9.97. The highest BCUT2D eigenvalue weighted by Crippen LogP contribution is 2.41. The van der Waals surface area contributed by atoms with E-state index in [1.54, 1.807) is 24.1 Å². The van der Waals surface area contributed by atoms with Crippen molar-refractivity contribution in [3.63, 3.8) is 0 Å². The van der Waals surface area contributed by atoms with Crippen LogP contribution in [0.2, 0.25) is 5.02 Å². The molecule has 1 aromatic heterocycles. The molecule has 220 valence electrons. The average Bonchev–Trinajstić information content (AvgIpc) is 3.25. The van der Waals surface area contributed by atoms with E-state index < -0.39 is 6.04 Å². The Labute approximate surface area is 250 Å². The van der Waals surface area contributed by atoms with E-state index in [4.69, 9.17) is 30.2 Å². The molecule has 42 heavy (non-hydrogen) atoms. The molecule has 0 N–H and O–H groups in total. The number of methoxy groups -OCH3 is 1. The van der Waals surface area contributed by atoms with E-state index in [9.17, 15) is 9.59 Å². The van der Waals surface area contributed by atoms with Gasteiger partial charge in [-0.3, -0.25) is 9.59 Å². The molecule has 2 heterocycles. The van der Waals surface area contributed by atoms with Crippen molar-refractivity contribution >= 4 is 28.5 Å². The van der Waals surface area contributed by atoms with Crippen molar-refractivity contribution < 1.29 is 23.4 Å². The minimum Gasteiger partial charge on any atom is -0.497 e. The maximum Gasteiger partial charge on any atom is 0.290 e. The number of rotatable bonds is 11. The van der Waals surface area contributed by atoms with Crippen LogP contribution in [0.25, 0.3) is 11.0 Å². The van der Waals surface area contributed by atoms with E-state index in [1.165, 1.54) is 0 Å². The van der Waals surface area contributed by atoms with Gasteiger partial charge in [-0.15, -0.1) is 0 Å². The Hall–Kier alpha value is -3.97. The molecule has 0 bridgehead atoms. The first kappa shape index (κ1) is 29.5. The van der Waals surface area contributed by atoms with Crippen molar-refractivity contribution in [1.29, 1.82) is 0 Å². The van der Waals surface area contributed by atoms with Crippen molar-refractivity contribution in [2.45, 2.75) is 46.6 Å². The summed E-state index contributed by atoms with van der Waals surface area (Å²) in [6.45, 7) is 9.41. The van der Waals surface area contributed by atoms with Gasteiger partial charge in [-0.25, -0.2) is 0 Å². The van der Waals surface area contributed by atoms with Crippen LogP contribution in [0, 0.1) is 12.8 Å². The van der Waals surface area contributed by atoms with Crippen LogP contribution in [-0.2, 0) is 6.42 Å². The normalized spacial score (nSPS) is 14.5. The maximum atomic E-state index is 14.0. The smallest absolute Gasteiger partial charge is 0.290 e. The van der Waals surface area contributed by atoms with E-state index in [2.05, 4.69) is 13.8 Å². The van der Waals surface area contributed by atoms with Gasteiger partial charge in [0.1, 0.15) is 11.3 Å². The topological polar surface area (TPSA) is 78.2 Å². The lowest BCUT2D eigenvalue weighted by Crippen LogP contribution is -2.31. The van der Waals surface area contributed by atoms with Gasteiger partial charge in [-0.1, -0.05) is 43.6 Å². The average molecular weight is 590 g/mol. The molecule has 0 aliphatic carbocycles. The van der Waals surface area contributed by atoms with Crippen LogP contribution in [0.4, 0.5) is 0 Å². The summed E-state index contributed by atoms with van der Waals surface area (Å²) >= 11 is 6.40. The molecule has 1 atom stereocenters. The molecule has 1 aliphatic heterocycles. The zero-order chi connectivity index (χ0) is 30.0. The predicted octanol–water partition coefficient (Wildman–Crippen LogP) is 7.37. The van der Waals surface area contributed by atoms with Crippen LogP contribution in [0.1, 0.15) is 66.0 Å². The van der Waals surface area contributed by atoms with Gasteiger partial charge in [-0.2, -0.15) is 0 Å². The lowest BCUT2D eigenvalue weighted by Gasteiger charge is -2.26. The van der Waals surface area contributed by atoms with Gasteiger partial charge in [0, 0.05) is 11.6 Å². The van der Waals surface area contributed by atoms with E-state index in [0.29, 0.717) is 65.2 Å². The molecule has 0 saturated heterocycles. The van der Waals surface area contributed by atoms with Crippen molar-refractivity contribution in [2.24, 2.45) is 5.92 Å². The standard InChI is InChI=1S/C34H36ClNO6/c1-6-40-29-18-23(9-12-27(29)41-16-14-20(2)3)31-30-32(37)25-19-26(35)21(4)17-28(25)42-33(30)34(38)36(31)15-13-22-7-10-24(39-5)11-8-22/h7-12,17-20,31H,6,13-16H2,1-5H3. The zero-order valence-electron chi connectivity index (χ0n) is 24.7. The number of fused-ring (bicyclic) bond motifs is 2. The Morgan fingerprint density at radius 1 is 1.00 bits per heavy atom. The van der Waals surface area contributed by atoms with Gasteiger partial charge >= 0.3 is 0 Å². The van der Waals surface area contributed by atoms with Gasteiger partial charge in [0.05, 0.1) is 37.3 Å². The summed E-state index contributed by atoms with van der Waals surface area (Å²) in [4.78, 5) is 29.6. The minimum atomic E-state index is -0.671. The van der Waals surface area contributed by atoms with Crippen LogP contribution >= 0.6 is 11.6 Å². The highest BCUT2D eigenvalue weighted by atomic mass is 35.5. The zero-order valence-corrected chi connectivity index (χ0v) is 25.4. The molecule has 3 aromatic carbocycles. The molecule has 5 rings (SSSR count). The number of benzene rings is 3. The number of carbonyl (C=O) groups is 1. The lowest BCUT2D eigenvalue weighted by molar-refractivity contribution is 0.0729. The summed E-state index contributed by atoms with van der Waals surface area (Å²) in [5.74, 6) is 2.19. The summed E-state index contributed by atoms with van der Waals surface area (Å²) in [6.07, 6.45) is 1.49. The third-order valence-corrected chi connectivity index (χ3v) is 7.99. The van der Waals surface area contributed by atoms with Gasteiger partial charge in [0.15, 0.2) is 16.9 Å². The Bertz CT molecular complexity index is 1660. The van der Waals surface area contributed by atoms with Gasteiger partial charge in [0.25, 0.3) is 5.91 Å². The monoisotopic (exact) mass is 589 g/mol.